The van der Waals surface area contributed by atoms with Gasteiger partial charge in [0, 0.05) is 53.5 Å². The number of fused-ring (bicyclic) bond motifs is 5. The largest absolute Gasteiger partial charge is 0.507 e. The molecule has 15 heteroatoms. The number of hydrogen-bond donors (Lipinski definition) is 1. The van der Waals surface area contributed by atoms with Crippen molar-refractivity contribution in [2.75, 3.05) is 19.1 Å². The van der Waals surface area contributed by atoms with E-state index in [9.17, 15) is 19.5 Å². The highest BCUT2D eigenvalue weighted by molar-refractivity contribution is 7.22. The summed E-state index contributed by atoms with van der Waals surface area (Å²) in [5.74, 6) is -2.15. The second kappa shape index (κ2) is 11.0. The van der Waals surface area contributed by atoms with E-state index in [-0.39, 0.29) is 35.8 Å². The number of nitrogens with zero attached hydrogens (tertiary/aromatic N) is 6. The van der Waals surface area contributed by atoms with E-state index in [1.54, 1.807) is 37.4 Å². The maximum atomic E-state index is 15.0. The average Bonchev–Trinajstić information content (AvgIpc) is 3.75. The molecular weight excluding hydrogens is 684 g/mol. The SMILES string of the molecule is COc1cc(O)c(C2C3=CCn4c(=O)n(C)c(=O)n4C3CC3C(=O)N(c4cc(-c5sc6ccc(Cl)cc6c5C)nn4C)C(=O)C32C)c(OC)c1. The third kappa shape index (κ3) is 4.14. The van der Waals surface area contributed by atoms with Crippen LogP contribution < -0.4 is 25.8 Å². The zero-order valence-corrected chi connectivity index (χ0v) is 29.6. The number of thiophene rings is 1. The minimum absolute atomic E-state index is 0.0634. The van der Waals surface area contributed by atoms with Crippen molar-refractivity contribution >= 4 is 50.7 Å². The summed E-state index contributed by atoms with van der Waals surface area (Å²) in [4.78, 5) is 58.4. The zero-order chi connectivity index (χ0) is 35.5. The predicted octanol–water partition coefficient (Wildman–Crippen LogP) is 4.51. The maximum Gasteiger partial charge on any atom is 0.347 e. The van der Waals surface area contributed by atoms with Gasteiger partial charge in [-0.25, -0.2) is 28.4 Å². The Balaban J connectivity index is 1.31. The maximum absolute atomic E-state index is 15.0. The van der Waals surface area contributed by atoms with Gasteiger partial charge in [-0.05, 0) is 55.0 Å². The van der Waals surface area contributed by atoms with Gasteiger partial charge in [0.1, 0.15) is 28.8 Å². The molecule has 2 amide bonds. The number of amides is 2. The number of imide groups is 1. The van der Waals surface area contributed by atoms with Gasteiger partial charge >= 0.3 is 11.4 Å². The van der Waals surface area contributed by atoms with Gasteiger partial charge in [-0.1, -0.05) is 17.7 Å². The Morgan fingerprint density at radius 3 is 2.52 bits per heavy atom. The van der Waals surface area contributed by atoms with Crippen LogP contribution >= 0.6 is 22.9 Å². The van der Waals surface area contributed by atoms with E-state index < -0.39 is 46.5 Å². The Hall–Kier alpha value is -5.08. The number of phenols is 1. The van der Waals surface area contributed by atoms with E-state index in [4.69, 9.17) is 26.2 Å². The second-order valence-corrected chi connectivity index (χ2v) is 14.7. The number of phenolic OH excluding ortho intramolecular Hbond substituents is 1. The first-order valence-electron chi connectivity index (χ1n) is 16.0. The summed E-state index contributed by atoms with van der Waals surface area (Å²) in [7, 11) is 6.00. The number of carbonyl (C=O) groups is 2. The number of benzene rings is 2. The number of rotatable bonds is 5. The molecule has 13 nitrogen and oxygen atoms in total. The standard InChI is InChI=1S/C35H33ClN6O7S/c1-16-20-11-17(36)7-8-26(20)50-30(16)22-15-27(39(4)37-22)41-31(44)21-14-23-19(9-10-40-33(46)38(3)34(47)42(23)40)29(35(21,2)32(41)45)28-24(43)12-18(48-5)13-25(28)49-6/h7-9,11-13,15,21,23,29,43H,10,14H2,1-6H3. The van der Waals surface area contributed by atoms with Gasteiger partial charge in [0.05, 0.1) is 43.0 Å². The number of carbonyl (C=O) groups excluding carboxylic acids is 2. The molecule has 4 unspecified atom stereocenters. The van der Waals surface area contributed by atoms with Crippen molar-refractivity contribution in [3.63, 3.8) is 0 Å². The fourth-order valence-electron chi connectivity index (χ4n) is 8.29. The Kier molecular flexibility index (Phi) is 7.05. The van der Waals surface area contributed by atoms with Crippen molar-refractivity contribution in [3.8, 4) is 27.8 Å². The quantitative estimate of drug-likeness (QED) is 0.207. The molecule has 2 aromatic carbocycles. The Morgan fingerprint density at radius 2 is 1.80 bits per heavy atom. The van der Waals surface area contributed by atoms with Crippen LogP contribution in [0.4, 0.5) is 5.82 Å². The van der Waals surface area contributed by atoms with Crippen LogP contribution in [0.15, 0.2) is 57.6 Å². The summed E-state index contributed by atoms with van der Waals surface area (Å²) in [6.45, 7) is 3.78. The van der Waals surface area contributed by atoms with Crippen LogP contribution in [0, 0.1) is 18.3 Å². The van der Waals surface area contributed by atoms with Gasteiger partial charge in [-0.15, -0.1) is 11.3 Å². The molecule has 8 rings (SSSR count). The summed E-state index contributed by atoms with van der Waals surface area (Å²) in [5.41, 5.74) is 0.0252. The predicted molar refractivity (Wildman–Crippen MR) is 187 cm³/mol. The van der Waals surface area contributed by atoms with E-state index in [0.29, 0.717) is 22.0 Å². The fourth-order valence-corrected chi connectivity index (χ4v) is 9.61. The number of halogens is 1. The third-order valence-electron chi connectivity index (χ3n) is 10.8. The van der Waals surface area contributed by atoms with E-state index in [2.05, 4.69) is 0 Å². The highest BCUT2D eigenvalue weighted by Gasteiger charge is 2.66. The number of methoxy groups -OCH3 is 2. The molecule has 5 heterocycles. The highest BCUT2D eigenvalue weighted by atomic mass is 35.5. The Labute approximate surface area is 294 Å². The van der Waals surface area contributed by atoms with Gasteiger partial charge in [-0.2, -0.15) is 5.10 Å². The lowest BCUT2D eigenvalue weighted by molar-refractivity contribution is -0.129. The van der Waals surface area contributed by atoms with Crippen LogP contribution in [-0.2, 0) is 30.2 Å². The molecule has 0 spiro atoms. The summed E-state index contributed by atoms with van der Waals surface area (Å²) >= 11 is 7.83. The van der Waals surface area contributed by atoms with Crippen molar-refractivity contribution in [1.82, 2.24) is 23.7 Å². The number of aromatic nitrogens is 5. The molecule has 1 aliphatic carbocycles. The van der Waals surface area contributed by atoms with Crippen molar-refractivity contribution in [1.29, 1.82) is 0 Å². The Morgan fingerprint density at radius 1 is 1.04 bits per heavy atom. The van der Waals surface area contributed by atoms with Gasteiger partial charge in [0.25, 0.3) is 0 Å². The zero-order valence-electron chi connectivity index (χ0n) is 28.1. The van der Waals surface area contributed by atoms with E-state index in [1.165, 1.54) is 46.3 Å². The monoisotopic (exact) mass is 716 g/mol. The number of allylic oxidation sites excluding steroid dienone is 2. The third-order valence-corrected chi connectivity index (χ3v) is 12.3. The first-order chi connectivity index (χ1) is 23.8. The van der Waals surface area contributed by atoms with Crippen molar-refractivity contribution in [2.45, 2.75) is 38.8 Å². The van der Waals surface area contributed by atoms with Gasteiger partial charge < -0.3 is 14.6 Å². The topological polar surface area (TPSA) is 143 Å². The van der Waals surface area contributed by atoms with E-state index in [1.807, 2.05) is 31.2 Å². The minimum Gasteiger partial charge on any atom is -0.507 e. The fraction of sp³-hybridized carbons (Fsp3) is 0.343. The normalized spacial score (nSPS) is 22.8. The lowest BCUT2D eigenvalue weighted by Crippen LogP contribution is -2.49. The summed E-state index contributed by atoms with van der Waals surface area (Å²) in [6.07, 6.45) is 1.89. The van der Waals surface area contributed by atoms with Gasteiger partial charge in [-0.3, -0.25) is 14.3 Å². The molecule has 4 atom stereocenters. The van der Waals surface area contributed by atoms with Crippen LogP contribution in [0.25, 0.3) is 20.7 Å². The number of ether oxygens (including phenoxy) is 2. The second-order valence-electron chi connectivity index (χ2n) is 13.2. The molecule has 1 saturated carbocycles. The van der Waals surface area contributed by atoms with Crippen LogP contribution in [0.1, 0.15) is 36.4 Å². The summed E-state index contributed by atoms with van der Waals surface area (Å²) in [6, 6.07) is 9.71. The molecule has 3 aromatic heterocycles. The molecule has 1 saturated heterocycles. The minimum atomic E-state index is -1.44. The van der Waals surface area contributed by atoms with Gasteiger partial charge in [0.2, 0.25) is 11.8 Å². The first kappa shape index (κ1) is 32.1. The summed E-state index contributed by atoms with van der Waals surface area (Å²) in [5, 5.41) is 17.9. The van der Waals surface area contributed by atoms with Crippen molar-refractivity contribution in [2.24, 2.45) is 25.4 Å². The number of aryl methyl sites for hydroxylation is 2. The Bertz CT molecular complexity index is 2470. The van der Waals surface area contributed by atoms with E-state index in [0.717, 1.165) is 25.1 Å². The van der Waals surface area contributed by atoms with Crippen LogP contribution in [0.2, 0.25) is 5.02 Å². The molecule has 1 N–H and O–H groups in total. The number of aromatic hydroxyl groups is 1. The van der Waals surface area contributed by atoms with Crippen LogP contribution in [0.3, 0.4) is 0 Å². The highest BCUT2D eigenvalue weighted by Crippen LogP contribution is 2.63. The van der Waals surface area contributed by atoms with Gasteiger partial charge in [0.15, 0.2) is 0 Å². The number of hydrogen-bond acceptors (Lipinski definition) is 9. The molecule has 2 aliphatic heterocycles. The molecule has 258 valence electrons. The van der Waals surface area contributed by atoms with Crippen LogP contribution in [-0.4, -0.2) is 54.9 Å². The van der Waals surface area contributed by atoms with Crippen LogP contribution in [0.5, 0.6) is 17.2 Å². The molecule has 0 radical (unpaired) electrons. The molecule has 3 aliphatic rings. The molecule has 0 bridgehead atoms. The van der Waals surface area contributed by atoms with Crippen molar-refractivity contribution < 1.29 is 24.2 Å². The molecule has 50 heavy (non-hydrogen) atoms. The first-order valence-corrected chi connectivity index (χ1v) is 17.2. The smallest absolute Gasteiger partial charge is 0.347 e. The lowest BCUT2D eigenvalue weighted by Gasteiger charge is -2.47. The van der Waals surface area contributed by atoms with Crippen molar-refractivity contribution in [3.05, 3.63) is 85.2 Å². The molecular formula is C35H33ClN6O7S. The van der Waals surface area contributed by atoms with E-state index >= 15 is 4.79 Å². The average molecular weight is 717 g/mol. The lowest BCUT2D eigenvalue weighted by atomic mass is 9.56. The summed E-state index contributed by atoms with van der Waals surface area (Å²) < 4.78 is 17.5. The molecule has 2 fully saturated rings. The molecule has 5 aromatic rings. The number of anilines is 1.